The first-order chi connectivity index (χ1) is 4.40. The van der Waals surface area contributed by atoms with E-state index in [2.05, 4.69) is 6.92 Å². The lowest BCUT2D eigenvalue weighted by Crippen LogP contribution is -2.12. The molecule has 51 valence electrons. The zero-order chi connectivity index (χ0) is 6.27. The fourth-order valence-electron chi connectivity index (χ4n) is 1.75. The summed E-state index contributed by atoms with van der Waals surface area (Å²) in [6.07, 6.45) is 6.34. The molecule has 1 aliphatic heterocycles. The summed E-state index contributed by atoms with van der Waals surface area (Å²) in [5.41, 5.74) is 0. The van der Waals surface area contributed by atoms with Gasteiger partial charge >= 0.3 is 0 Å². The molecule has 0 spiro atoms. The van der Waals surface area contributed by atoms with Crippen LogP contribution in [0, 0.1) is 12.8 Å². The van der Waals surface area contributed by atoms with Gasteiger partial charge in [-0.15, -0.1) is 0 Å². The molecule has 3 unspecified atom stereocenters. The van der Waals surface area contributed by atoms with Crippen molar-refractivity contribution >= 4 is 0 Å². The Labute approximate surface area is 56.4 Å². The molecule has 1 nitrogen and oxygen atoms in total. The van der Waals surface area contributed by atoms with Crippen LogP contribution in [0.15, 0.2) is 0 Å². The van der Waals surface area contributed by atoms with Crippen LogP contribution in [0.25, 0.3) is 0 Å². The number of rotatable bonds is 1. The molecule has 1 aliphatic carbocycles. The van der Waals surface area contributed by atoms with Gasteiger partial charge in [-0.1, -0.05) is 13.3 Å². The minimum absolute atomic E-state index is 0.644. The number of hydrogen-bond donors (Lipinski definition) is 0. The van der Waals surface area contributed by atoms with E-state index in [1.165, 1.54) is 19.3 Å². The van der Waals surface area contributed by atoms with E-state index in [-0.39, 0.29) is 0 Å². The Morgan fingerprint density at radius 2 is 2.22 bits per heavy atom. The van der Waals surface area contributed by atoms with Crippen LogP contribution in [0.3, 0.4) is 0 Å². The predicted octanol–water partition coefficient (Wildman–Crippen LogP) is 1.78. The molecule has 0 amide bonds. The Hall–Kier alpha value is -0.0400. The molecule has 0 aromatic carbocycles. The van der Waals surface area contributed by atoms with Gasteiger partial charge < -0.3 is 4.74 Å². The summed E-state index contributed by atoms with van der Waals surface area (Å²) in [6.45, 7) is 3.91. The minimum atomic E-state index is 0.644. The highest BCUT2D eigenvalue weighted by molar-refractivity contribution is 4.91. The topological polar surface area (TPSA) is 12.5 Å². The van der Waals surface area contributed by atoms with Crippen LogP contribution in [0.2, 0.25) is 0 Å². The minimum Gasteiger partial charge on any atom is -0.370 e. The molecule has 1 heteroatoms. The molecule has 3 atom stereocenters. The second-order valence-corrected chi connectivity index (χ2v) is 3.18. The monoisotopic (exact) mass is 125 g/mol. The highest BCUT2D eigenvalue weighted by Gasteiger charge is 2.43. The second kappa shape index (κ2) is 1.98. The van der Waals surface area contributed by atoms with Crippen LogP contribution in [0.1, 0.15) is 25.7 Å². The number of ether oxygens (including phenoxy) is 1. The third-order valence-electron chi connectivity index (χ3n) is 2.52. The van der Waals surface area contributed by atoms with Gasteiger partial charge in [0.15, 0.2) is 0 Å². The van der Waals surface area contributed by atoms with E-state index in [4.69, 9.17) is 4.74 Å². The zero-order valence-corrected chi connectivity index (χ0v) is 5.68. The Morgan fingerprint density at radius 3 is 2.89 bits per heavy atom. The first-order valence-electron chi connectivity index (χ1n) is 3.85. The molecular formula is C8H13O. The molecule has 9 heavy (non-hydrogen) atoms. The van der Waals surface area contributed by atoms with Crippen LogP contribution in [-0.4, -0.2) is 12.2 Å². The number of hydrogen-bond acceptors (Lipinski definition) is 1. The molecule has 0 N–H and O–H groups in total. The molecule has 0 aromatic rings. The molecule has 0 bridgehead atoms. The van der Waals surface area contributed by atoms with E-state index in [0.717, 1.165) is 12.3 Å². The van der Waals surface area contributed by atoms with Crippen LogP contribution in [-0.2, 0) is 4.74 Å². The molecule has 1 saturated heterocycles. The van der Waals surface area contributed by atoms with Gasteiger partial charge in [0.1, 0.15) is 0 Å². The van der Waals surface area contributed by atoms with Crippen LogP contribution in [0.5, 0.6) is 0 Å². The average molecular weight is 125 g/mol. The van der Waals surface area contributed by atoms with Gasteiger partial charge in [-0.2, -0.15) is 0 Å². The molecule has 0 aromatic heterocycles. The van der Waals surface area contributed by atoms with Gasteiger partial charge in [0, 0.05) is 0 Å². The van der Waals surface area contributed by atoms with Crippen LogP contribution >= 0.6 is 0 Å². The summed E-state index contributed by atoms with van der Waals surface area (Å²) < 4.78 is 5.38. The van der Waals surface area contributed by atoms with Gasteiger partial charge in [0.2, 0.25) is 0 Å². The summed E-state index contributed by atoms with van der Waals surface area (Å²) in [5.74, 6) is 0.869. The SMILES string of the molecule is [CH2]CC1CCC2OC2C1. The van der Waals surface area contributed by atoms with Gasteiger partial charge in [0.05, 0.1) is 12.2 Å². The van der Waals surface area contributed by atoms with Crippen LogP contribution in [0.4, 0.5) is 0 Å². The zero-order valence-electron chi connectivity index (χ0n) is 5.68. The van der Waals surface area contributed by atoms with Crippen molar-refractivity contribution in [1.29, 1.82) is 0 Å². The average Bonchev–Trinajstić information content (AvgIpc) is 2.64. The molecule has 2 fully saturated rings. The van der Waals surface area contributed by atoms with Crippen molar-refractivity contribution < 1.29 is 4.74 Å². The van der Waals surface area contributed by atoms with Crippen molar-refractivity contribution in [1.82, 2.24) is 0 Å². The van der Waals surface area contributed by atoms with E-state index in [9.17, 15) is 0 Å². The normalized spacial score (nSPS) is 48.3. The quantitative estimate of drug-likeness (QED) is 0.487. The molecule has 2 aliphatic rings. The van der Waals surface area contributed by atoms with Crippen molar-refractivity contribution in [2.75, 3.05) is 0 Å². The number of epoxide rings is 1. The maximum Gasteiger partial charge on any atom is 0.0844 e. The second-order valence-electron chi connectivity index (χ2n) is 3.18. The Balaban J connectivity index is 1.86. The summed E-state index contributed by atoms with van der Waals surface area (Å²) in [4.78, 5) is 0. The third kappa shape index (κ3) is 0.983. The molecular weight excluding hydrogens is 112 g/mol. The van der Waals surface area contributed by atoms with Gasteiger partial charge in [-0.05, 0) is 25.2 Å². The van der Waals surface area contributed by atoms with E-state index >= 15 is 0 Å². The molecule has 1 heterocycles. The van der Waals surface area contributed by atoms with Gasteiger partial charge in [0.25, 0.3) is 0 Å². The molecule has 2 rings (SSSR count). The van der Waals surface area contributed by atoms with Crippen molar-refractivity contribution in [3.63, 3.8) is 0 Å². The van der Waals surface area contributed by atoms with E-state index in [0.29, 0.717) is 12.2 Å². The lowest BCUT2D eigenvalue weighted by atomic mass is 9.88. The fraction of sp³-hybridized carbons (Fsp3) is 0.875. The van der Waals surface area contributed by atoms with Gasteiger partial charge in [-0.25, -0.2) is 0 Å². The highest BCUT2D eigenvalue weighted by Crippen LogP contribution is 2.40. The van der Waals surface area contributed by atoms with Crippen molar-refractivity contribution in [2.45, 2.75) is 37.9 Å². The first-order valence-corrected chi connectivity index (χ1v) is 3.85. The largest absolute Gasteiger partial charge is 0.370 e. The van der Waals surface area contributed by atoms with E-state index in [1.807, 2.05) is 0 Å². The van der Waals surface area contributed by atoms with E-state index < -0.39 is 0 Å². The predicted molar refractivity (Wildman–Crippen MR) is 36.0 cm³/mol. The van der Waals surface area contributed by atoms with Crippen molar-refractivity contribution in [2.24, 2.45) is 5.92 Å². The standard InChI is InChI=1S/C8H13O/c1-2-6-3-4-7-8(5-6)9-7/h6-8H,1-5H2. The summed E-state index contributed by atoms with van der Waals surface area (Å²) in [7, 11) is 0. The maximum atomic E-state index is 5.38. The summed E-state index contributed by atoms with van der Waals surface area (Å²) >= 11 is 0. The summed E-state index contributed by atoms with van der Waals surface area (Å²) in [6, 6.07) is 0. The highest BCUT2D eigenvalue weighted by atomic mass is 16.6. The Morgan fingerprint density at radius 1 is 1.33 bits per heavy atom. The van der Waals surface area contributed by atoms with Gasteiger partial charge in [-0.3, -0.25) is 0 Å². The molecule has 1 radical (unpaired) electrons. The number of fused-ring (bicyclic) bond motifs is 1. The van der Waals surface area contributed by atoms with Crippen molar-refractivity contribution in [3.05, 3.63) is 6.92 Å². The lowest BCUT2D eigenvalue weighted by Gasteiger charge is -2.15. The maximum absolute atomic E-state index is 5.38. The third-order valence-corrected chi connectivity index (χ3v) is 2.52. The fourth-order valence-corrected chi connectivity index (χ4v) is 1.75. The van der Waals surface area contributed by atoms with Crippen molar-refractivity contribution in [3.8, 4) is 0 Å². The smallest absolute Gasteiger partial charge is 0.0844 e. The van der Waals surface area contributed by atoms with E-state index in [1.54, 1.807) is 0 Å². The first kappa shape index (κ1) is 5.72. The Kier molecular flexibility index (Phi) is 1.26. The molecule has 1 saturated carbocycles. The van der Waals surface area contributed by atoms with Crippen LogP contribution < -0.4 is 0 Å². The lowest BCUT2D eigenvalue weighted by molar-refractivity contribution is 0.362. The summed E-state index contributed by atoms with van der Waals surface area (Å²) in [5, 5.41) is 0. The Bertz CT molecular complexity index is 111.